The predicted octanol–water partition coefficient (Wildman–Crippen LogP) is 0.725. The molecule has 1 spiro atoms. The maximum absolute atomic E-state index is 12.0. The Morgan fingerprint density at radius 3 is 2.04 bits per heavy atom. The van der Waals surface area contributed by atoms with Crippen LogP contribution in [0, 0.1) is 27.6 Å². The van der Waals surface area contributed by atoms with E-state index in [2.05, 4.69) is 6.58 Å². The van der Waals surface area contributed by atoms with Crippen molar-refractivity contribution in [2.75, 3.05) is 0 Å². The molecule has 4 saturated carbocycles. The first-order valence-electron chi connectivity index (χ1n) is 10.5. The fourth-order valence-corrected chi connectivity index (χ4v) is 8.14. The van der Waals surface area contributed by atoms with Crippen LogP contribution < -0.4 is 0 Å². The van der Waals surface area contributed by atoms with Crippen LogP contribution in [0.5, 0.6) is 0 Å². The predicted molar refractivity (Wildman–Crippen MR) is 103 cm³/mol. The van der Waals surface area contributed by atoms with Gasteiger partial charge >= 0.3 is 0 Å². The van der Waals surface area contributed by atoms with E-state index < -0.39 is 57.3 Å². The minimum Gasteiger partial charge on any atom is -0.390 e. The molecule has 6 N–H and O–H groups in total. The third-order valence-corrected chi connectivity index (χ3v) is 10.4. The summed E-state index contributed by atoms with van der Waals surface area (Å²) in [6.07, 6.45) is -3.41. The Labute approximate surface area is 166 Å². The van der Waals surface area contributed by atoms with Gasteiger partial charge in [-0.25, -0.2) is 0 Å². The average molecular weight is 397 g/mol. The number of aliphatic hydroxyl groups is 6. The first-order chi connectivity index (χ1) is 12.6. The lowest BCUT2D eigenvalue weighted by Gasteiger charge is -2.57. The van der Waals surface area contributed by atoms with Crippen LogP contribution in [0.15, 0.2) is 12.2 Å². The normalized spacial score (nSPS) is 63.0. The molecular weight excluding hydrogens is 360 g/mol. The van der Waals surface area contributed by atoms with Crippen LogP contribution in [0.4, 0.5) is 0 Å². The van der Waals surface area contributed by atoms with Crippen molar-refractivity contribution in [3.05, 3.63) is 12.2 Å². The standard InChI is InChI=1S/C22H36O6/c1-11-9-20-10-13(23)22(28)17(3,4)14(24)15(25)19(22,6)12(2)18(20,5)7-8-21(11,27)16(20)26/h11,13-16,23-28H,2,7-10H2,1,3-6H3. The van der Waals surface area contributed by atoms with Crippen molar-refractivity contribution in [1.82, 2.24) is 0 Å². The van der Waals surface area contributed by atoms with E-state index >= 15 is 0 Å². The van der Waals surface area contributed by atoms with Gasteiger partial charge in [0.25, 0.3) is 0 Å². The molecule has 160 valence electrons. The van der Waals surface area contributed by atoms with Gasteiger partial charge in [0.2, 0.25) is 0 Å². The molecule has 0 saturated heterocycles. The van der Waals surface area contributed by atoms with E-state index in [-0.39, 0.29) is 12.3 Å². The number of hydrogen-bond acceptors (Lipinski definition) is 6. The van der Waals surface area contributed by atoms with Gasteiger partial charge in [0, 0.05) is 16.2 Å². The van der Waals surface area contributed by atoms with Crippen molar-refractivity contribution in [2.24, 2.45) is 27.6 Å². The number of hydrogen-bond donors (Lipinski definition) is 6. The van der Waals surface area contributed by atoms with Gasteiger partial charge in [0.05, 0.1) is 30.0 Å². The number of fused-ring (bicyclic) bond motifs is 2. The summed E-state index contributed by atoms with van der Waals surface area (Å²) < 4.78 is 0. The Bertz CT molecular complexity index is 737. The van der Waals surface area contributed by atoms with Crippen molar-refractivity contribution in [2.45, 2.75) is 95.9 Å². The molecule has 4 fully saturated rings. The largest absolute Gasteiger partial charge is 0.390 e. The molecule has 0 aromatic rings. The van der Waals surface area contributed by atoms with Crippen LogP contribution in [0.2, 0.25) is 0 Å². The molecule has 2 bridgehead atoms. The van der Waals surface area contributed by atoms with Crippen molar-refractivity contribution in [3.63, 3.8) is 0 Å². The topological polar surface area (TPSA) is 121 Å². The van der Waals surface area contributed by atoms with Gasteiger partial charge in [-0.15, -0.1) is 0 Å². The highest BCUT2D eigenvalue weighted by Gasteiger charge is 2.81. The second-order valence-corrected chi connectivity index (χ2v) is 11.3. The lowest BCUT2D eigenvalue weighted by molar-refractivity contribution is -0.201. The maximum atomic E-state index is 12.0. The van der Waals surface area contributed by atoms with E-state index in [1.165, 1.54) is 0 Å². The molecule has 0 aromatic carbocycles. The molecule has 0 radical (unpaired) electrons. The Hall–Kier alpha value is -0.500. The van der Waals surface area contributed by atoms with Gasteiger partial charge in [0.15, 0.2) is 0 Å². The molecule has 10 atom stereocenters. The third-order valence-electron chi connectivity index (χ3n) is 10.4. The van der Waals surface area contributed by atoms with Gasteiger partial charge in [-0.1, -0.05) is 46.8 Å². The van der Waals surface area contributed by atoms with Crippen LogP contribution in [0.1, 0.15) is 60.3 Å². The minimum atomic E-state index is -1.84. The molecule has 4 rings (SSSR count). The van der Waals surface area contributed by atoms with Gasteiger partial charge in [-0.3, -0.25) is 0 Å². The van der Waals surface area contributed by atoms with Crippen LogP contribution in [-0.4, -0.2) is 66.3 Å². The van der Waals surface area contributed by atoms with Crippen LogP contribution in [0.25, 0.3) is 0 Å². The molecule has 0 aromatic heterocycles. The molecule has 10 unspecified atom stereocenters. The smallest absolute Gasteiger partial charge is 0.110 e. The Kier molecular flexibility index (Phi) is 3.86. The van der Waals surface area contributed by atoms with Crippen molar-refractivity contribution in [3.8, 4) is 0 Å². The van der Waals surface area contributed by atoms with E-state index in [0.29, 0.717) is 24.8 Å². The molecule has 0 heterocycles. The molecule has 6 nitrogen and oxygen atoms in total. The quantitative estimate of drug-likeness (QED) is 0.336. The molecule has 0 amide bonds. The zero-order chi connectivity index (χ0) is 21.3. The van der Waals surface area contributed by atoms with Gasteiger partial charge in [-0.05, 0) is 37.0 Å². The summed E-state index contributed by atoms with van der Waals surface area (Å²) in [5, 5.41) is 67.8. The van der Waals surface area contributed by atoms with Gasteiger partial charge < -0.3 is 30.6 Å². The lowest BCUT2D eigenvalue weighted by atomic mass is 9.49. The highest BCUT2D eigenvalue weighted by Crippen LogP contribution is 2.76. The van der Waals surface area contributed by atoms with Crippen LogP contribution in [-0.2, 0) is 0 Å². The van der Waals surface area contributed by atoms with E-state index in [1.54, 1.807) is 20.8 Å². The van der Waals surface area contributed by atoms with E-state index in [4.69, 9.17) is 0 Å². The molecule has 28 heavy (non-hydrogen) atoms. The first kappa shape index (κ1) is 20.8. The third kappa shape index (κ3) is 1.68. The van der Waals surface area contributed by atoms with Crippen molar-refractivity contribution in [1.29, 1.82) is 0 Å². The Morgan fingerprint density at radius 2 is 1.46 bits per heavy atom. The van der Waals surface area contributed by atoms with Crippen molar-refractivity contribution >= 4 is 0 Å². The lowest BCUT2D eigenvalue weighted by Crippen LogP contribution is -2.61. The average Bonchev–Trinajstić information content (AvgIpc) is 2.81. The first-order valence-corrected chi connectivity index (χ1v) is 10.5. The minimum absolute atomic E-state index is 0.0747. The molecular formula is C22H36O6. The zero-order valence-corrected chi connectivity index (χ0v) is 17.6. The Morgan fingerprint density at radius 1 is 0.893 bits per heavy atom. The second kappa shape index (κ2) is 5.21. The molecule has 4 aliphatic rings. The number of aliphatic hydroxyl groups excluding tert-OH is 4. The van der Waals surface area contributed by atoms with E-state index in [0.717, 1.165) is 0 Å². The summed E-state index contributed by atoms with van der Waals surface area (Å²) in [5.74, 6) is -0.159. The molecule has 0 aliphatic heterocycles. The second-order valence-electron chi connectivity index (χ2n) is 11.3. The van der Waals surface area contributed by atoms with Crippen molar-refractivity contribution < 1.29 is 30.6 Å². The van der Waals surface area contributed by atoms with Crippen LogP contribution in [0.3, 0.4) is 0 Å². The van der Waals surface area contributed by atoms with Crippen LogP contribution >= 0.6 is 0 Å². The molecule has 4 aliphatic carbocycles. The fourth-order valence-electron chi connectivity index (χ4n) is 8.14. The maximum Gasteiger partial charge on any atom is 0.110 e. The van der Waals surface area contributed by atoms with E-state index in [9.17, 15) is 30.6 Å². The highest BCUT2D eigenvalue weighted by atomic mass is 16.4. The van der Waals surface area contributed by atoms with Gasteiger partial charge in [0.1, 0.15) is 5.60 Å². The number of rotatable bonds is 0. The van der Waals surface area contributed by atoms with E-state index in [1.807, 2.05) is 13.8 Å². The summed E-state index contributed by atoms with van der Waals surface area (Å²) in [5.41, 5.74) is -6.66. The summed E-state index contributed by atoms with van der Waals surface area (Å²) in [7, 11) is 0. The summed E-state index contributed by atoms with van der Waals surface area (Å²) >= 11 is 0. The zero-order valence-electron chi connectivity index (χ0n) is 17.6. The Balaban J connectivity index is 2.00. The summed E-state index contributed by atoms with van der Waals surface area (Å²) in [6, 6.07) is 0. The fraction of sp³-hybridized carbons (Fsp3) is 0.909. The van der Waals surface area contributed by atoms with Gasteiger partial charge in [-0.2, -0.15) is 0 Å². The molecule has 6 heteroatoms. The highest BCUT2D eigenvalue weighted by molar-refractivity contribution is 5.41. The summed E-state index contributed by atoms with van der Waals surface area (Å²) in [4.78, 5) is 0. The summed E-state index contributed by atoms with van der Waals surface area (Å²) in [6.45, 7) is 13.2. The SMILES string of the molecule is C=C1C2(C)CCC3(O)C(C)CC2(CC(O)C2(O)C(C)(C)C(O)C(O)C12C)C3O. The monoisotopic (exact) mass is 396 g/mol.